The lowest BCUT2D eigenvalue weighted by Crippen LogP contribution is -2.36. The van der Waals surface area contributed by atoms with Crippen LogP contribution in [0, 0.1) is 0 Å². The van der Waals surface area contributed by atoms with Gasteiger partial charge >= 0.3 is 11.8 Å². The number of benzene rings is 2. The second-order valence-corrected chi connectivity index (χ2v) is 10.3. The van der Waals surface area contributed by atoms with Crippen molar-refractivity contribution in [2.75, 3.05) is 11.9 Å². The molecular formula is C22H25Cl2N3O4S. The van der Waals surface area contributed by atoms with Gasteiger partial charge in [-0.2, -0.15) is 0 Å². The molecule has 0 unspecified atom stereocenters. The molecule has 1 saturated carbocycles. The minimum atomic E-state index is -3.55. The molecule has 3 N–H and O–H groups in total. The molecule has 0 heterocycles. The maximum atomic E-state index is 12.6. The number of anilines is 1. The molecule has 7 nitrogen and oxygen atoms in total. The molecular weight excluding hydrogens is 473 g/mol. The standard InChI is InChI=1S/C22H25Cl2N3O4S/c23-16-12-17(24)14-19(13-16)26-22(29)21(28)25-11-10-15-6-8-20(9-7-15)32(30,31)27-18-4-2-1-3-5-18/h6-9,12-14,18,27H,1-5,10-11H2,(H,25,28)(H,26,29). The SMILES string of the molecule is O=C(NCCc1ccc(S(=O)(=O)NC2CCCCC2)cc1)C(=O)Nc1cc(Cl)cc(Cl)c1. The van der Waals surface area contributed by atoms with Gasteiger partial charge in [0, 0.05) is 28.3 Å². The highest BCUT2D eigenvalue weighted by atomic mass is 35.5. The fourth-order valence-corrected chi connectivity index (χ4v) is 5.39. The Kier molecular flexibility index (Phi) is 8.53. The predicted molar refractivity (Wildman–Crippen MR) is 125 cm³/mol. The van der Waals surface area contributed by atoms with Crippen molar-refractivity contribution in [2.24, 2.45) is 0 Å². The predicted octanol–water partition coefficient (Wildman–Crippen LogP) is 3.90. The van der Waals surface area contributed by atoms with E-state index < -0.39 is 21.8 Å². The third-order valence-electron chi connectivity index (χ3n) is 5.19. The Labute approximate surface area is 197 Å². The monoisotopic (exact) mass is 497 g/mol. The highest BCUT2D eigenvalue weighted by Crippen LogP contribution is 2.22. The lowest BCUT2D eigenvalue weighted by molar-refractivity contribution is -0.136. The molecule has 1 aliphatic carbocycles. The zero-order chi connectivity index (χ0) is 23.1. The molecule has 0 radical (unpaired) electrons. The first kappa shape index (κ1) is 24.5. The summed E-state index contributed by atoms with van der Waals surface area (Å²) in [6.07, 6.45) is 5.42. The van der Waals surface area contributed by atoms with E-state index in [1.54, 1.807) is 24.3 Å². The average Bonchev–Trinajstić information content (AvgIpc) is 2.73. The van der Waals surface area contributed by atoms with Gasteiger partial charge in [0.15, 0.2) is 0 Å². The second-order valence-electron chi connectivity index (χ2n) is 7.72. The van der Waals surface area contributed by atoms with Gasteiger partial charge in [0.05, 0.1) is 4.90 Å². The lowest BCUT2D eigenvalue weighted by atomic mass is 9.96. The van der Waals surface area contributed by atoms with Crippen LogP contribution in [0.4, 0.5) is 5.69 Å². The summed E-state index contributed by atoms with van der Waals surface area (Å²) in [7, 11) is -3.55. The van der Waals surface area contributed by atoms with E-state index in [1.165, 1.54) is 18.2 Å². The van der Waals surface area contributed by atoms with Crippen molar-refractivity contribution in [3.05, 3.63) is 58.1 Å². The van der Waals surface area contributed by atoms with Gasteiger partial charge < -0.3 is 10.6 Å². The molecule has 2 aromatic carbocycles. The Balaban J connectivity index is 1.47. The Bertz CT molecular complexity index is 1050. The summed E-state index contributed by atoms with van der Waals surface area (Å²) in [6.45, 7) is 0.217. The van der Waals surface area contributed by atoms with Crippen molar-refractivity contribution in [1.82, 2.24) is 10.0 Å². The minimum absolute atomic E-state index is 0.00211. The molecule has 1 fully saturated rings. The molecule has 0 saturated heterocycles. The van der Waals surface area contributed by atoms with Crippen LogP contribution >= 0.6 is 23.2 Å². The number of halogens is 2. The number of hydrogen-bond donors (Lipinski definition) is 3. The quantitative estimate of drug-likeness (QED) is 0.504. The van der Waals surface area contributed by atoms with Crippen molar-refractivity contribution in [3.63, 3.8) is 0 Å². The van der Waals surface area contributed by atoms with Crippen LogP contribution in [-0.4, -0.2) is 32.8 Å². The van der Waals surface area contributed by atoms with E-state index in [1.807, 2.05) is 0 Å². The smallest absolute Gasteiger partial charge is 0.313 e. The summed E-state index contributed by atoms with van der Waals surface area (Å²) in [5.41, 5.74) is 1.16. The third kappa shape index (κ3) is 7.20. The first-order valence-corrected chi connectivity index (χ1v) is 12.6. The van der Waals surface area contributed by atoms with Crippen molar-refractivity contribution in [1.29, 1.82) is 0 Å². The molecule has 0 spiro atoms. The number of hydrogen-bond acceptors (Lipinski definition) is 4. The molecule has 0 aromatic heterocycles. The van der Waals surface area contributed by atoms with Crippen LogP contribution in [0.3, 0.4) is 0 Å². The van der Waals surface area contributed by atoms with E-state index >= 15 is 0 Å². The Morgan fingerprint density at radius 2 is 1.53 bits per heavy atom. The van der Waals surface area contributed by atoms with Gasteiger partial charge in [-0.15, -0.1) is 0 Å². The van der Waals surface area contributed by atoms with Gasteiger partial charge in [-0.1, -0.05) is 54.6 Å². The minimum Gasteiger partial charge on any atom is -0.347 e. The zero-order valence-electron chi connectivity index (χ0n) is 17.4. The Hall–Kier alpha value is -2.13. The van der Waals surface area contributed by atoms with E-state index in [2.05, 4.69) is 15.4 Å². The second kappa shape index (κ2) is 11.1. The van der Waals surface area contributed by atoms with Gasteiger partial charge in [-0.3, -0.25) is 9.59 Å². The highest BCUT2D eigenvalue weighted by Gasteiger charge is 2.21. The highest BCUT2D eigenvalue weighted by molar-refractivity contribution is 7.89. The Morgan fingerprint density at radius 3 is 2.16 bits per heavy atom. The molecule has 3 rings (SSSR count). The lowest BCUT2D eigenvalue weighted by Gasteiger charge is -2.22. The fourth-order valence-electron chi connectivity index (χ4n) is 3.56. The Morgan fingerprint density at radius 1 is 0.906 bits per heavy atom. The molecule has 0 aliphatic heterocycles. The van der Waals surface area contributed by atoms with E-state index in [0.29, 0.717) is 22.2 Å². The molecule has 2 amide bonds. The van der Waals surface area contributed by atoms with E-state index in [0.717, 1.165) is 37.7 Å². The molecule has 0 atom stereocenters. The molecule has 1 aliphatic rings. The number of amides is 2. The first-order valence-electron chi connectivity index (χ1n) is 10.4. The van der Waals surface area contributed by atoms with Gasteiger partial charge in [0.1, 0.15) is 0 Å². The fraction of sp³-hybridized carbons (Fsp3) is 0.364. The zero-order valence-corrected chi connectivity index (χ0v) is 19.7. The number of rotatable bonds is 7. The van der Waals surface area contributed by atoms with Gasteiger partial charge in [0.2, 0.25) is 10.0 Å². The number of carbonyl (C=O) groups excluding carboxylic acids is 2. The van der Waals surface area contributed by atoms with E-state index in [-0.39, 0.29) is 17.5 Å². The molecule has 2 aromatic rings. The van der Waals surface area contributed by atoms with Crippen molar-refractivity contribution < 1.29 is 18.0 Å². The largest absolute Gasteiger partial charge is 0.347 e. The van der Waals surface area contributed by atoms with Crippen LogP contribution in [-0.2, 0) is 26.0 Å². The van der Waals surface area contributed by atoms with E-state index in [9.17, 15) is 18.0 Å². The summed E-state index contributed by atoms with van der Waals surface area (Å²) in [5, 5.41) is 5.65. The van der Waals surface area contributed by atoms with Gasteiger partial charge in [0.25, 0.3) is 0 Å². The van der Waals surface area contributed by atoms with Crippen molar-refractivity contribution >= 4 is 50.7 Å². The van der Waals surface area contributed by atoms with Crippen LogP contribution in [0.25, 0.3) is 0 Å². The van der Waals surface area contributed by atoms with Crippen LogP contribution in [0.2, 0.25) is 10.0 Å². The number of carbonyl (C=O) groups is 2. The maximum absolute atomic E-state index is 12.6. The maximum Gasteiger partial charge on any atom is 0.313 e. The van der Waals surface area contributed by atoms with Crippen LogP contribution < -0.4 is 15.4 Å². The molecule has 10 heteroatoms. The number of nitrogens with one attached hydrogen (secondary N) is 3. The third-order valence-corrected chi connectivity index (χ3v) is 7.16. The van der Waals surface area contributed by atoms with Crippen molar-refractivity contribution in [2.45, 2.75) is 49.5 Å². The summed E-state index contributed by atoms with van der Waals surface area (Å²) in [6, 6.07) is 11.0. The normalized spacial score (nSPS) is 14.7. The van der Waals surface area contributed by atoms with Crippen LogP contribution in [0.1, 0.15) is 37.7 Å². The molecule has 32 heavy (non-hydrogen) atoms. The van der Waals surface area contributed by atoms with Gasteiger partial charge in [-0.05, 0) is 55.2 Å². The first-order chi connectivity index (χ1) is 15.2. The van der Waals surface area contributed by atoms with Gasteiger partial charge in [-0.25, -0.2) is 13.1 Å². The summed E-state index contributed by atoms with van der Waals surface area (Å²) >= 11 is 11.7. The molecule has 0 bridgehead atoms. The van der Waals surface area contributed by atoms with Crippen molar-refractivity contribution in [3.8, 4) is 0 Å². The molecule has 172 valence electrons. The topological polar surface area (TPSA) is 104 Å². The average molecular weight is 498 g/mol. The summed E-state index contributed by atoms with van der Waals surface area (Å²) in [5.74, 6) is -1.63. The summed E-state index contributed by atoms with van der Waals surface area (Å²) < 4.78 is 27.9. The van der Waals surface area contributed by atoms with Crippen LogP contribution in [0.5, 0.6) is 0 Å². The number of sulfonamides is 1. The van der Waals surface area contributed by atoms with Crippen LogP contribution in [0.15, 0.2) is 47.4 Å². The summed E-state index contributed by atoms with van der Waals surface area (Å²) in [4.78, 5) is 24.2. The van der Waals surface area contributed by atoms with E-state index in [4.69, 9.17) is 23.2 Å².